The highest BCUT2D eigenvalue weighted by atomic mass is 32.1. The smallest absolute Gasteiger partial charge is 0.257 e. The summed E-state index contributed by atoms with van der Waals surface area (Å²) in [4.78, 5) is 42.6. The fraction of sp³-hybridized carbons (Fsp3) is 0.222. The van der Waals surface area contributed by atoms with E-state index in [4.69, 9.17) is 0 Å². The van der Waals surface area contributed by atoms with Crippen LogP contribution < -0.4 is 10.2 Å². The Morgan fingerprint density at radius 3 is 2.28 bits per heavy atom. The minimum atomic E-state index is -0.279. The van der Waals surface area contributed by atoms with Crippen LogP contribution in [-0.2, 0) is 9.59 Å². The van der Waals surface area contributed by atoms with Gasteiger partial charge in [-0.25, -0.2) is 4.98 Å². The van der Waals surface area contributed by atoms with Gasteiger partial charge in [-0.15, -0.1) is 11.3 Å². The summed E-state index contributed by atoms with van der Waals surface area (Å²) in [5.74, 6) is -1.10. The molecule has 6 nitrogen and oxygen atoms in total. The van der Waals surface area contributed by atoms with E-state index in [1.165, 1.54) is 16.2 Å². The first-order valence-corrected chi connectivity index (χ1v) is 8.87. The number of allylic oxidation sites excluding steroid dienone is 2. The van der Waals surface area contributed by atoms with Crippen LogP contribution >= 0.6 is 11.3 Å². The van der Waals surface area contributed by atoms with E-state index in [2.05, 4.69) is 10.3 Å². The van der Waals surface area contributed by atoms with E-state index in [1.54, 1.807) is 35.8 Å². The normalized spacial score (nSPS) is 22.2. The van der Waals surface area contributed by atoms with Crippen molar-refractivity contribution in [3.63, 3.8) is 0 Å². The van der Waals surface area contributed by atoms with Gasteiger partial charge in [-0.3, -0.25) is 24.6 Å². The molecule has 1 aliphatic carbocycles. The van der Waals surface area contributed by atoms with Crippen LogP contribution in [0.15, 0.2) is 48.0 Å². The topological polar surface area (TPSA) is 79.4 Å². The van der Waals surface area contributed by atoms with Gasteiger partial charge in [0.2, 0.25) is 11.8 Å². The molecule has 1 fully saturated rings. The van der Waals surface area contributed by atoms with Crippen molar-refractivity contribution in [2.45, 2.75) is 12.8 Å². The van der Waals surface area contributed by atoms with Crippen molar-refractivity contribution in [1.82, 2.24) is 4.98 Å². The molecule has 25 heavy (non-hydrogen) atoms. The first-order chi connectivity index (χ1) is 12.1. The number of nitrogens with zero attached hydrogens (tertiary/aromatic N) is 2. The van der Waals surface area contributed by atoms with Gasteiger partial charge in [0, 0.05) is 17.1 Å². The van der Waals surface area contributed by atoms with Crippen molar-refractivity contribution in [1.29, 1.82) is 0 Å². The molecular formula is C18H15N3O3S. The number of hydrogen-bond acceptors (Lipinski definition) is 5. The van der Waals surface area contributed by atoms with E-state index in [1.807, 2.05) is 12.2 Å². The molecule has 2 atom stereocenters. The Morgan fingerprint density at radius 1 is 1.08 bits per heavy atom. The van der Waals surface area contributed by atoms with Crippen LogP contribution in [0.3, 0.4) is 0 Å². The molecule has 2 heterocycles. The van der Waals surface area contributed by atoms with Crippen LogP contribution in [0.25, 0.3) is 0 Å². The van der Waals surface area contributed by atoms with E-state index < -0.39 is 0 Å². The second kappa shape index (κ2) is 6.25. The Morgan fingerprint density at radius 2 is 1.72 bits per heavy atom. The fourth-order valence-electron chi connectivity index (χ4n) is 3.27. The lowest BCUT2D eigenvalue weighted by molar-refractivity contribution is -0.122. The number of carbonyl (C=O) groups is 3. The molecule has 0 saturated carbocycles. The standard InChI is InChI=1S/C18H15N3O3S/c22-15(20-18-19-9-10-25-18)11-5-7-12(8-6-11)21-16(23)13-3-1-2-4-14(13)17(21)24/h1-2,5-10,13-14H,3-4H2,(H,19,20,22). The summed E-state index contributed by atoms with van der Waals surface area (Å²) < 4.78 is 0. The molecule has 0 spiro atoms. The number of fused-ring (bicyclic) bond motifs is 1. The molecule has 1 aromatic heterocycles. The molecule has 126 valence electrons. The van der Waals surface area contributed by atoms with Gasteiger partial charge in [0.15, 0.2) is 5.13 Å². The molecule has 2 aromatic rings. The summed E-state index contributed by atoms with van der Waals surface area (Å²) in [7, 11) is 0. The van der Waals surface area contributed by atoms with Crippen LogP contribution in [0.2, 0.25) is 0 Å². The van der Waals surface area contributed by atoms with E-state index in [-0.39, 0.29) is 29.6 Å². The largest absolute Gasteiger partial charge is 0.298 e. The Kier molecular flexibility index (Phi) is 3.93. The molecule has 7 heteroatoms. The second-order valence-electron chi connectivity index (χ2n) is 6.01. The minimum absolute atomic E-state index is 0.153. The maximum atomic E-state index is 12.6. The first kappa shape index (κ1) is 15.7. The predicted octanol–water partition coefficient (Wildman–Crippen LogP) is 2.85. The minimum Gasteiger partial charge on any atom is -0.298 e. The van der Waals surface area contributed by atoms with Crippen LogP contribution in [0.5, 0.6) is 0 Å². The summed E-state index contributed by atoms with van der Waals surface area (Å²) in [6.07, 6.45) is 6.76. The number of benzene rings is 1. The quantitative estimate of drug-likeness (QED) is 0.680. The van der Waals surface area contributed by atoms with Gasteiger partial charge in [0.25, 0.3) is 5.91 Å². The van der Waals surface area contributed by atoms with Crippen LogP contribution in [-0.4, -0.2) is 22.7 Å². The molecule has 1 N–H and O–H groups in total. The zero-order chi connectivity index (χ0) is 17.4. The van der Waals surface area contributed by atoms with Crippen molar-refractivity contribution in [2.75, 3.05) is 10.2 Å². The lowest BCUT2D eigenvalue weighted by Gasteiger charge is -2.15. The lowest BCUT2D eigenvalue weighted by atomic mass is 9.85. The Balaban J connectivity index is 1.53. The highest BCUT2D eigenvalue weighted by Crippen LogP contribution is 2.37. The van der Waals surface area contributed by atoms with Crippen LogP contribution in [0.1, 0.15) is 23.2 Å². The fourth-order valence-corrected chi connectivity index (χ4v) is 3.80. The van der Waals surface area contributed by atoms with Gasteiger partial charge in [0.05, 0.1) is 17.5 Å². The SMILES string of the molecule is O=C(Nc1nccs1)c1ccc(N2C(=O)C3CC=CCC3C2=O)cc1. The number of anilines is 2. The Hall–Kier alpha value is -2.80. The van der Waals surface area contributed by atoms with E-state index in [9.17, 15) is 14.4 Å². The molecule has 0 radical (unpaired) electrons. The summed E-state index contributed by atoms with van der Waals surface area (Å²) >= 11 is 1.33. The number of rotatable bonds is 3. The van der Waals surface area contributed by atoms with Crippen molar-refractivity contribution < 1.29 is 14.4 Å². The number of imide groups is 1. The third kappa shape index (κ3) is 2.76. The molecule has 1 aromatic carbocycles. The molecule has 2 aliphatic rings. The van der Waals surface area contributed by atoms with Gasteiger partial charge in [-0.2, -0.15) is 0 Å². The maximum absolute atomic E-state index is 12.6. The number of hydrogen-bond donors (Lipinski definition) is 1. The average Bonchev–Trinajstić information content (AvgIpc) is 3.23. The number of amides is 3. The number of aromatic nitrogens is 1. The van der Waals surface area contributed by atoms with Crippen molar-refractivity contribution in [2.24, 2.45) is 11.8 Å². The molecule has 1 saturated heterocycles. The number of nitrogens with one attached hydrogen (secondary N) is 1. The first-order valence-electron chi connectivity index (χ1n) is 7.99. The molecule has 0 bridgehead atoms. The molecule has 2 unspecified atom stereocenters. The molecule has 1 aliphatic heterocycles. The van der Waals surface area contributed by atoms with E-state index >= 15 is 0 Å². The van der Waals surface area contributed by atoms with Gasteiger partial charge in [-0.1, -0.05) is 12.2 Å². The van der Waals surface area contributed by atoms with Gasteiger partial charge in [-0.05, 0) is 37.1 Å². The Labute approximate surface area is 148 Å². The summed E-state index contributed by atoms with van der Waals surface area (Å²) in [5, 5.41) is 5.00. The van der Waals surface area contributed by atoms with Gasteiger partial charge >= 0.3 is 0 Å². The van der Waals surface area contributed by atoms with Gasteiger partial charge in [0.1, 0.15) is 0 Å². The van der Waals surface area contributed by atoms with E-state index in [0.717, 1.165) is 0 Å². The summed E-state index contributed by atoms with van der Waals surface area (Å²) in [6, 6.07) is 6.49. The highest BCUT2D eigenvalue weighted by molar-refractivity contribution is 7.13. The molecular weight excluding hydrogens is 338 g/mol. The highest BCUT2D eigenvalue weighted by Gasteiger charge is 2.47. The zero-order valence-electron chi connectivity index (χ0n) is 13.2. The number of carbonyl (C=O) groups excluding carboxylic acids is 3. The van der Waals surface area contributed by atoms with Crippen molar-refractivity contribution in [3.05, 3.63) is 53.6 Å². The summed E-state index contributed by atoms with van der Waals surface area (Å²) in [5.41, 5.74) is 0.951. The van der Waals surface area contributed by atoms with Crippen LogP contribution in [0, 0.1) is 11.8 Å². The van der Waals surface area contributed by atoms with Crippen molar-refractivity contribution >= 4 is 39.9 Å². The summed E-state index contributed by atoms with van der Waals surface area (Å²) in [6.45, 7) is 0. The molecule has 4 rings (SSSR count). The van der Waals surface area contributed by atoms with Crippen LogP contribution in [0.4, 0.5) is 10.8 Å². The molecule has 3 amide bonds. The Bertz CT molecular complexity index is 832. The zero-order valence-corrected chi connectivity index (χ0v) is 14.0. The predicted molar refractivity (Wildman–Crippen MR) is 94.4 cm³/mol. The monoisotopic (exact) mass is 353 g/mol. The van der Waals surface area contributed by atoms with Crippen molar-refractivity contribution in [3.8, 4) is 0 Å². The lowest BCUT2D eigenvalue weighted by Crippen LogP contribution is -2.30. The average molecular weight is 353 g/mol. The third-order valence-corrected chi connectivity index (χ3v) is 5.24. The second-order valence-corrected chi connectivity index (χ2v) is 6.90. The van der Waals surface area contributed by atoms with E-state index in [0.29, 0.717) is 29.2 Å². The maximum Gasteiger partial charge on any atom is 0.257 e. The van der Waals surface area contributed by atoms with Gasteiger partial charge < -0.3 is 0 Å². The number of thiazole rings is 1. The third-order valence-electron chi connectivity index (χ3n) is 4.55.